The Hall–Kier alpha value is -3.56. The molecule has 4 aromatic rings. The quantitative estimate of drug-likeness (QED) is 0.275. The van der Waals surface area contributed by atoms with Gasteiger partial charge in [0.2, 0.25) is 0 Å². The molecule has 2 aliphatic rings. The third kappa shape index (κ3) is 5.60. The maximum absolute atomic E-state index is 13.3. The molecule has 3 aromatic heterocycles. The molecule has 1 unspecified atom stereocenters. The Balaban J connectivity index is 1.20. The molecule has 1 aromatic carbocycles. The molecular formula is C30H37N7O2. The van der Waals surface area contributed by atoms with Gasteiger partial charge in [-0.3, -0.25) is 14.9 Å². The second-order valence-corrected chi connectivity index (χ2v) is 11.0. The number of rotatable bonds is 10. The summed E-state index contributed by atoms with van der Waals surface area (Å²) in [6, 6.07) is 6.24. The van der Waals surface area contributed by atoms with Gasteiger partial charge in [0.25, 0.3) is 5.91 Å². The van der Waals surface area contributed by atoms with E-state index < -0.39 is 0 Å². The van der Waals surface area contributed by atoms with Gasteiger partial charge in [-0.15, -0.1) is 0 Å². The number of amides is 1. The number of aromatic amines is 2. The van der Waals surface area contributed by atoms with Crippen molar-refractivity contribution in [1.82, 2.24) is 35.4 Å². The van der Waals surface area contributed by atoms with E-state index in [1.54, 1.807) is 6.20 Å². The molecule has 1 saturated carbocycles. The molecule has 2 fully saturated rings. The van der Waals surface area contributed by atoms with Crippen molar-refractivity contribution in [2.75, 3.05) is 32.8 Å². The molecule has 9 heteroatoms. The number of fused-ring (bicyclic) bond motifs is 1. The van der Waals surface area contributed by atoms with Crippen LogP contribution in [0.15, 0.2) is 36.8 Å². The Morgan fingerprint density at radius 1 is 1.15 bits per heavy atom. The number of piperidine rings is 1. The van der Waals surface area contributed by atoms with Crippen LogP contribution >= 0.6 is 0 Å². The number of nitrogens with one attached hydrogen (secondary N) is 3. The minimum atomic E-state index is -0.0135. The van der Waals surface area contributed by atoms with E-state index in [9.17, 15) is 4.79 Å². The highest BCUT2D eigenvalue weighted by atomic mass is 16.5. The Morgan fingerprint density at radius 2 is 2.03 bits per heavy atom. The fraction of sp³-hybridized carbons (Fsp3) is 0.467. The zero-order valence-electron chi connectivity index (χ0n) is 22.8. The number of imidazole rings is 1. The molecule has 0 radical (unpaired) electrons. The second kappa shape index (κ2) is 11.3. The highest BCUT2D eigenvalue weighted by Gasteiger charge is 2.27. The van der Waals surface area contributed by atoms with Crippen molar-refractivity contribution >= 4 is 16.8 Å². The molecule has 39 heavy (non-hydrogen) atoms. The topological polar surface area (TPSA) is 112 Å². The summed E-state index contributed by atoms with van der Waals surface area (Å²) in [5.41, 5.74) is 6.66. The monoisotopic (exact) mass is 527 g/mol. The first-order chi connectivity index (χ1) is 19.1. The van der Waals surface area contributed by atoms with E-state index in [-0.39, 0.29) is 5.91 Å². The zero-order valence-corrected chi connectivity index (χ0v) is 22.8. The van der Waals surface area contributed by atoms with Crippen LogP contribution in [0.1, 0.15) is 54.2 Å². The van der Waals surface area contributed by atoms with E-state index in [2.05, 4.69) is 56.4 Å². The second-order valence-electron chi connectivity index (χ2n) is 11.0. The fourth-order valence-corrected chi connectivity index (χ4v) is 5.45. The first-order valence-electron chi connectivity index (χ1n) is 14.2. The van der Waals surface area contributed by atoms with Crippen molar-refractivity contribution in [1.29, 1.82) is 0 Å². The van der Waals surface area contributed by atoms with E-state index in [1.807, 2.05) is 23.4 Å². The average Bonchev–Trinajstić information content (AvgIpc) is 3.48. The van der Waals surface area contributed by atoms with Crippen LogP contribution in [0.25, 0.3) is 33.5 Å². The molecule has 1 atom stereocenters. The van der Waals surface area contributed by atoms with Gasteiger partial charge in [-0.25, -0.2) is 4.98 Å². The smallest absolute Gasteiger partial charge is 0.271 e. The summed E-state index contributed by atoms with van der Waals surface area (Å²) in [7, 11) is 0. The minimum Gasteiger partial charge on any atom is -0.381 e. The average molecular weight is 528 g/mol. The molecule has 3 N–H and O–H groups in total. The van der Waals surface area contributed by atoms with Gasteiger partial charge in [0, 0.05) is 49.6 Å². The van der Waals surface area contributed by atoms with Crippen LogP contribution in [0.3, 0.4) is 0 Å². The maximum atomic E-state index is 13.3. The van der Waals surface area contributed by atoms with Gasteiger partial charge < -0.3 is 19.9 Å². The van der Waals surface area contributed by atoms with Gasteiger partial charge >= 0.3 is 0 Å². The van der Waals surface area contributed by atoms with Crippen LogP contribution in [0, 0.1) is 18.8 Å². The van der Waals surface area contributed by atoms with E-state index in [1.165, 1.54) is 24.0 Å². The normalized spacial score (nSPS) is 17.7. The predicted molar refractivity (Wildman–Crippen MR) is 151 cm³/mol. The lowest BCUT2D eigenvalue weighted by molar-refractivity contribution is 0.0444. The number of hydrogen-bond donors (Lipinski definition) is 3. The molecule has 9 nitrogen and oxygen atoms in total. The summed E-state index contributed by atoms with van der Waals surface area (Å²) in [6.45, 7) is 9.04. The maximum Gasteiger partial charge on any atom is 0.271 e. The number of likely N-dealkylation sites (tertiary alicyclic amines) is 1. The van der Waals surface area contributed by atoms with E-state index in [4.69, 9.17) is 4.74 Å². The molecule has 1 amide bonds. The van der Waals surface area contributed by atoms with E-state index in [0.29, 0.717) is 23.1 Å². The molecule has 4 heterocycles. The summed E-state index contributed by atoms with van der Waals surface area (Å²) in [6.07, 6.45) is 10.2. The van der Waals surface area contributed by atoms with Gasteiger partial charge in [0.15, 0.2) is 5.82 Å². The van der Waals surface area contributed by atoms with Gasteiger partial charge in [-0.2, -0.15) is 5.10 Å². The number of aromatic nitrogens is 5. The predicted octanol–water partition coefficient (Wildman–Crippen LogP) is 4.71. The summed E-state index contributed by atoms with van der Waals surface area (Å²) in [5.74, 6) is 1.73. The standard InChI is InChI=1S/C30H37N7O2/c1-3-31-12-23-13-32-14-25(19(23)2)22-8-9-26-24(11-22)28(36-35-26)29-33-15-27(34-29)30(38)37-10-4-5-21(16-37)18-39-17-20-6-7-20/h8-9,11,13-15,20-21,31H,3-7,10,12,16-18H2,1-2H3,(H,33,34)(H,35,36). The lowest BCUT2D eigenvalue weighted by Crippen LogP contribution is -2.41. The Bertz CT molecular complexity index is 1450. The van der Waals surface area contributed by atoms with Gasteiger partial charge in [-0.05, 0) is 79.8 Å². The Morgan fingerprint density at radius 3 is 2.87 bits per heavy atom. The SMILES string of the molecule is CCNCc1cncc(-c2ccc3[nH]nc(-c4ncc(C(=O)N5CCCC(COCC6CC6)C5)[nH]4)c3c2)c1C. The molecule has 1 aliphatic carbocycles. The molecule has 0 spiro atoms. The molecule has 1 aliphatic heterocycles. The molecule has 6 rings (SSSR count). The third-order valence-corrected chi connectivity index (χ3v) is 8.00. The Kier molecular flexibility index (Phi) is 7.43. The summed E-state index contributed by atoms with van der Waals surface area (Å²) < 4.78 is 5.92. The first kappa shape index (κ1) is 25.7. The largest absolute Gasteiger partial charge is 0.381 e. The van der Waals surface area contributed by atoms with Gasteiger partial charge in [-0.1, -0.05) is 13.0 Å². The Labute approximate surface area is 228 Å². The van der Waals surface area contributed by atoms with Crippen molar-refractivity contribution in [3.05, 3.63) is 53.6 Å². The minimum absolute atomic E-state index is 0.0135. The van der Waals surface area contributed by atoms with E-state index in [0.717, 1.165) is 80.2 Å². The number of hydrogen-bond acceptors (Lipinski definition) is 6. The number of ether oxygens (including phenoxy) is 1. The van der Waals surface area contributed by atoms with Crippen molar-refractivity contribution in [2.24, 2.45) is 11.8 Å². The van der Waals surface area contributed by atoms with Gasteiger partial charge in [0.05, 0.1) is 18.3 Å². The summed E-state index contributed by atoms with van der Waals surface area (Å²) in [4.78, 5) is 27.6. The van der Waals surface area contributed by atoms with Crippen LogP contribution in [0.2, 0.25) is 0 Å². The highest BCUT2D eigenvalue weighted by Crippen LogP contribution is 2.32. The highest BCUT2D eigenvalue weighted by molar-refractivity contribution is 5.96. The number of H-pyrrole nitrogens is 2. The number of benzene rings is 1. The molecule has 0 bridgehead atoms. The lowest BCUT2D eigenvalue weighted by atomic mass is 9.98. The first-order valence-corrected chi connectivity index (χ1v) is 14.2. The van der Waals surface area contributed by atoms with Crippen LogP contribution in [0.5, 0.6) is 0 Å². The van der Waals surface area contributed by atoms with Crippen LogP contribution in [-0.4, -0.2) is 68.8 Å². The van der Waals surface area contributed by atoms with Crippen LogP contribution in [0.4, 0.5) is 0 Å². The number of carbonyl (C=O) groups is 1. The lowest BCUT2D eigenvalue weighted by Gasteiger charge is -2.32. The van der Waals surface area contributed by atoms with Crippen molar-refractivity contribution in [3.8, 4) is 22.6 Å². The van der Waals surface area contributed by atoms with Crippen molar-refractivity contribution in [3.63, 3.8) is 0 Å². The molecule has 204 valence electrons. The van der Waals surface area contributed by atoms with Crippen LogP contribution < -0.4 is 5.32 Å². The van der Waals surface area contributed by atoms with Crippen molar-refractivity contribution in [2.45, 2.75) is 46.1 Å². The van der Waals surface area contributed by atoms with Crippen LogP contribution in [-0.2, 0) is 11.3 Å². The number of carbonyl (C=O) groups excluding carboxylic acids is 1. The van der Waals surface area contributed by atoms with Gasteiger partial charge in [0.1, 0.15) is 11.4 Å². The number of pyridine rings is 1. The fourth-order valence-electron chi connectivity index (χ4n) is 5.45. The molecule has 1 saturated heterocycles. The number of nitrogens with zero attached hydrogens (tertiary/aromatic N) is 4. The third-order valence-electron chi connectivity index (χ3n) is 8.00. The summed E-state index contributed by atoms with van der Waals surface area (Å²) >= 11 is 0. The molecular weight excluding hydrogens is 490 g/mol. The summed E-state index contributed by atoms with van der Waals surface area (Å²) in [5, 5.41) is 12.0. The van der Waals surface area contributed by atoms with Crippen molar-refractivity contribution < 1.29 is 9.53 Å². The van der Waals surface area contributed by atoms with E-state index >= 15 is 0 Å². The zero-order chi connectivity index (χ0) is 26.8.